The molecule has 1 aromatic heterocycles. The number of nitrogens with zero attached hydrogens (tertiary/aromatic N) is 3. The Balaban J connectivity index is 1.56. The molecule has 1 aliphatic rings. The number of hydrazone groups is 1. The Hall–Kier alpha value is -2.96. The molecule has 0 saturated carbocycles. The first kappa shape index (κ1) is 15.9. The summed E-state index contributed by atoms with van der Waals surface area (Å²) in [6.45, 7) is 2.42. The summed E-state index contributed by atoms with van der Waals surface area (Å²) >= 11 is 0. The topological polar surface area (TPSA) is 88.4 Å². The summed E-state index contributed by atoms with van der Waals surface area (Å²) < 4.78 is 2.03. The Labute approximate surface area is 139 Å². The van der Waals surface area contributed by atoms with E-state index in [2.05, 4.69) is 20.8 Å². The zero-order chi connectivity index (χ0) is 16.9. The largest absolute Gasteiger partial charge is 0.351 e. The van der Waals surface area contributed by atoms with E-state index in [1.54, 1.807) is 0 Å². The number of benzene rings is 1. The summed E-state index contributed by atoms with van der Waals surface area (Å²) in [5.74, 6) is 0.504. The molecule has 2 aromatic rings. The van der Waals surface area contributed by atoms with Crippen molar-refractivity contribution in [2.75, 3.05) is 6.54 Å². The molecule has 1 aromatic carbocycles. The number of hydrogen-bond acceptors (Lipinski definition) is 4. The number of para-hydroxylation sites is 1. The Bertz CT molecular complexity index is 780. The van der Waals surface area contributed by atoms with Crippen molar-refractivity contribution >= 4 is 17.5 Å². The highest BCUT2D eigenvalue weighted by Crippen LogP contribution is 2.12. The monoisotopic (exact) mass is 325 g/mol. The highest BCUT2D eigenvalue weighted by molar-refractivity contribution is 6.39. The standard InChI is InChI=1S/C17H19N5O2/c1-12-19-13(11-22(12)14-5-3-2-4-6-14)9-10-18-17(24)15-7-8-16(23)21-20-15/h2-6,11H,7-10H2,1H3,(H,18,24)(H,21,23). The van der Waals surface area contributed by atoms with Crippen LogP contribution in [0.5, 0.6) is 0 Å². The average Bonchev–Trinajstić information content (AvgIpc) is 2.97. The van der Waals surface area contributed by atoms with Crippen LogP contribution in [-0.4, -0.2) is 33.6 Å². The van der Waals surface area contributed by atoms with Gasteiger partial charge >= 0.3 is 0 Å². The second-order valence-electron chi connectivity index (χ2n) is 5.58. The lowest BCUT2D eigenvalue weighted by atomic mass is 10.1. The van der Waals surface area contributed by atoms with E-state index in [0.29, 0.717) is 31.5 Å². The summed E-state index contributed by atoms with van der Waals surface area (Å²) in [5, 5.41) is 6.59. The number of rotatable bonds is 5. The van der Waals surface area contributed by atoms with E-state index in [9.17, 15) is 9.59 Å². The molecule has 0 atom stereocenters. The fraction of sp³-hybridized carbons (Fsp3) is 0.294. The van der Waals surface area contributed by atoms with Crippen molar-refractivity contribution in [2.24, 2.45) is 5.10 Å². The summed E-state index contributed by atoms with van der Waals surface area (Å²) in [6, 6.07) is 9.99. The second-order valence-corrected chi connectivity index (χ2v) is 5.58. The van der Waals surface area contributed by atoms with Crippen LogP contribution < -0.4 is 10.7 Å². The van der Waals surface area contributed by atoms with E-state index in [4.69, 9.17) is 0 Å². The molecule has 124 valence electrons. The highest BCUT2D eigenvalue weighted by atomic mass is 16.2. The molecule has 2 N–H and O–H groups in total. The fourth-order valence-corrected chi connectivity index (χ4v) is 2.55. The SMILES string of the molecule is Cc1nc(CCNC(=O)C2=NNC(=O)CC2)cn1-c1ccccc1. The third-order valence-corrected chi connectivity index (χ3v) is 3.80. The van der Waals surface area contributed by atoms with E-state index in [1.165, 1.54) is 0 Å². The Morgan fingerprint density at radius 1 is 1.29 bits per heavy atom. The van der Waals surface area contributed by atoms with Crippen molar-refractivity contribution in [3.05, 3.63) is 48.0 Å². The fourth-order valence-electron chi connectivity index (χ4n) is 2.55. The van der Waals surface area contributed by atoms with Crippen molar-refractivity contribution < 1.29 is 9.59 Å². The van der Waals surface area contributed by atoms with Crippen molar-refractivity contribution in [1.29, 1.82) is 0 Å². The van der Waals surface area contributed by atoms with Crippen molar-refractivity contribution in [3.63, 3.8) is 0 Å². The van der Waals surface area contributed by atoms with E-state index >= 15 is 0 Å². The van der Waals surface area contributed by atoms with Crippen LogP contribution in [0.2, 0.25) is 0 Å². The number of hydrogen-bond donors (Lipinski definition) is 2. The molecule has 0 bridgehead atoms. The number of imidazole rings is 1. The van der Waals surface area contributed by atoms with E-state index in [1.807, 2.05) is 48.0 Å². The molecule has 2 heterocycles. The van der Waals surface area contributed by atoms with Crippen LogP contribution in [0.1, 0.15) is 24.4 Å². The number of aryl methyl sites for hydroxylation is 1. The van der Waals surface area contributed by atoms with Crippen LogP contribution in [0.4, 0.5) is 0 Å². The molecular weight excluding hydrogens is 306 g/mol. The van der Waals surface area contributed by atoms with Crippen LogP contribution >= 0.6 is 0 Å². The quantitative estimate of drug-likeness (QED) is 0.863. The van der Waals surface area contributed by atoms with Gasteiger partial charge in [0.05, 0.1) is 5.69 Å². The van der Waals surface area contributed by atoms with Crippen LogP contribution in [0.25, 0.3) is 5.69 Å². The van der Waals surface area contributed by atoms with Crippen LogP contribution in [-0.2, 0) is 16.0 Å². The molecule has 24 heavy (non-hydrogen) atoms. The molecular formula is C17H19N5O2. The maximum atomic E-state index is 12.0. The van der Waals surface area contributed by atoms with Gasteiger partial charge in [0.1, 0.15) is 11.5 Å². The van der Waals surface area contributed by atoms with Crippen LogP contribution in [0.15, 0.2) is 41.6 Å². The predicted molar refractivity (Wildman–Crippen MR) is 89.8 cm³/mol. The third-order valence-electron chi connectivity index (χ3n) is 3.80. The zero-order valence-corrected chi connectivity index (χ0v) is 13.5. The molecule has 7 nitrogen and oxygen atoms in total. The van der Waals surface area contributed by atoms with Gasteiger partial charge < -0.3 is 9.88 Å². The highest BCUT2D eigenvalue weighted by Gasteiger charge is 2.17. The molecule has 7 heteroatoms. The summed E-state index contributed by atoms with van der Waals surface area (Å²) in [4.78, 5) is 27.5. The van der Waals surface area contributed by atoms with E-state index in [-0.39, 0.29) is 11.8 Å². The van der Waals surface area contributed by atoms with Crippen LogP contribution in [0, 0.1) is 6.92 Å². The minimum absolute atomic E-state index is 0.159. The third kappa shape index (κ3) is 3.68. The molecule has 0 spiro atoms. The van der Waals surface area contributed by atoms with Gasteiger partial charge in [-0.25, -0.2) is 10.4 Å². The summed E-state index contributed by atoms with van der Waals surface area (Å²) in [5.41, 5.74) is 4.66. The average molecular weight is 325 g/mol. The minimum Gasteiger partial charge on any atom is -0.351 e. The first-order valence-electron chi connectivity index (χ1n) is 7.87. The Kier molecular flexibility index (Phi) is 4.69. The smallest absolute Gasteiger partial charge is 0.267 e. The molecule has 0 saturated heterocycles. The van der Waals surface area contributed by atoms with Crippen LogP contribution in [0.3, 0.4) is 0 Å². The molecule has 0 radical (unpaired) electrons. The molecule has 3 rings (SSSR count). The maximum absolute atomic E-state index is 12.0. The molecule has 1 aliphatic heterocycles. The molecule has 0 fully saturated rings. The number of carbonyl (C=O) groups excluding carboxylic acids is 2. The van der Waals surface area contributed by atoms with E-state index in [0.717, 1.165) is 17.2 Å². The van der Waals surface area contributed by atoms with Gasteiger partial charge in [-0.3, -0.25) is 9.59 Å². The molecule has 2 amide bonds. The maximum Gasteiger partial charge on any atom is 0.267 e. The van der Waals surface area contributed by atoms with Gasteiger partial charge in [-0.15, -0.1) is 0 Å². The Morgan fingerprint density at radius 3 is 2.79 bits per heavy atom. The van der Waals surface area contributed by atoms with Gasteiger partial charge in [-0.2, -0.15) is 5.10 Å². The first-order valence-corrected chi connectivity index (χ1v) is 7.87. The van der Waals surface area contributed by atoms with Crippen molar-refractivity contribution in [2.45, 2.75) is 26.2 Å². The normalized spacial score (nSPS) is 14.0. The number of carbonyl (C=O) groups is 2. The molecule has 0 aliphatic carbocycles. The van der Waals surface area contributed by atoms with Gasteiger partial charge in [-0.1, -0.05) is 18.2 Å². The lowest BCUT2D eigenvalue weighted by Gasteiger charge is -2.11. The number of nitrogens with one attached hydrogen (secondary N) is 2. The number of aromatic nitrogens is 2. The zero-order valence-electron chi connectivity index (χ0n) is 13.5. The second kappa shape index (κ2) is 7.08. The van der Waals surface area contributed by atoms with Gasteiger partial charge in [0.15, 0.2) is 0 Å². The van der Waals surface area contributed by atoms with Gasteiger partial charge in [0.25, 0.3) is 5.91 Å². The van der Waals surface area contributed by atoms with Crippen molar-refractivity contribution in [1.82, 2.24) is 20.3 Å². The molecule has 0 unspecified atom stereocenters. The van der Waals surface area contributed by atoms with Gasteiger partial charge in [-0.05, 0) is 19.1 Å². The summed E-state index contributed by atoms with van der Waals surface area (Å²) in [7, 11) is 0. The van der Waals surface area contributed by atoms with Gasteiger partial charge in [0.2, 0.25) is 5.91 Å². The number of amides is 2. The minimum atomic E-state index is -0.241. The predicted octanol–water partition coefficient (Wildman–Crippen LogP) is 1.11. The first-order chi connectivity index (χ1) is 11.6. The summed E-state index contributed by atoms with van der Waals surface area (Å²) in [6.07, 6.45) is 3.29. The van der Waals surface area contributed by atoms with Crippen molar-refractivity contribution in [3.8, 4) is 5.69 Å². The van der Waals surface area contributed by atoms with Gasteiger partial charge in [0, 0.05) is 37.7 Å². The lowest BCUT2D eigenvalue weighted by molar-refractivity contribution is -0.121. The Morgan fingerprint density at radius 2 is 2.08 bits per heavy atom. The lowest BCUT2D eigenvalue weighted by Crippen LogP contribution is -2.37. The van der Waals surface area contributed by atoms with E-state index < -0.39 is 0 Å².